The van der Waals surface area contributed by atoms with Crippen molar-refractivity contribution in [2.75, 3.05) is 19.8 Å². The van der Waals surface area contributed by atoms with Crippen LogP contribution in [0.4, 0.5) is 0 Å². The van der Waals surface area contributed by atoms with Crippen LogP contribution in [0.3, 0.4) is 0 Å². The largest absolute Gasteiger partial charge is 0.472 e. The van der Waals surface area contributed by atoms with Crippen LogP contribution in [0.1, 0.15) is 23.2 Å². The molecule has 82 valence electrons. The van der Waals surface area contributed by atoms with Crippen molar-refractivity contribution in [3.63, 3.8) is 0 Å². The molecule has 0 unspecified atom stereocenters. The van der Waals surface area contributed by atoms with Gasteiger partial charge in [-0.25, -0.2) is 0 Å². The molecule has 0 atom stereocenters. The van der Waals surface area contributed by atoms with E-state index < -0.39 is 0 Å². The van der Waals surface area contributed by atoms with Gasteiger partial charge in [0.1, 0.15) is 6.26 Å². The summed E-state index contributed by atoms with van der Waals surface area (Å²) in [4.78, 5) is 11.5. The third-order valence-corrected chi connectivity index (χ3v) is 2.68. The number of carbonyl (C=O) groups is 1. The number of carbonyl (C=O) groups excluding carboxylic acids is 1. The van der Waals surface area contributed by atoms with Crippen LogP contribution in [0.2, 0.25) is 0 Å². The zero-order chi connectivity index (χ0) is 10.5. The minimum atomic E-state index is -0.0600. The third-order valence-electron chi connectivity index (χ3n) is 2.68. The molecule has 0 radical (unpaired) electrons. The maximum Gasteiger partial charge on any atom is 0.254 e. The van der Waals surface area contributed by atoms with Gasteiger partial charge in [-0.05, 0) is 24.8 Å². The quantitative estimate of drug-likeness (QED) is 0.819. The lowest BCUT2D eigenvalue weighted by Crippen LogP contribution is -2.31. The summed E-state index contributed by atoms with van der Waals surface area (Å²) in [5.74, 6) is 0.491. The minimum absolute atomic E-state index is 0.0600. The van der Waals surface area contributed by atoms with E-state index in [2.05, 4.69) is 5.32 Å². The second-order valence-electron chi connectivity index (χ2n) is 3.78. The molecule has 0 spiro atoms. The summed E-state index contributed by atoms with van der Waals surface area (Å²) in [6.45, 7) is 2.35. The van der Waals surface area contributed by atoms with Crippen LogP contribution in [0.5, 0.6) is 0 Å². The fourth-order valence-corrected chi connectivity index (χ4v) is 1.68. The van der Waals surface area contributed by atoms with Gasteiger partial charge in [-0.15, -0.1) is 0 Å². The first-order valence-electron chi connectivity index (χ1n) is 5.24. The molecule has 4 nitrogen and oxygen atoms in total. The summed E-state index contributed by atoms with van der Waals surface area (Å²) in [5, 5.41) is 2.90. The summed E-state index contributed by atoms with van der Waals surface area (Å²) < 4.78 is 10.1. The Kier molecular flexibility index (Phi) is 3.40. The molecule has 1 fully saturated rings. The summed E-state index contributed by atoms with van der Waals surface area (Å²) in [7, 11) is 0. The van der Waals surface area contributed by atoms with E-state index in [4.69, 9.17) is 9.15 Å². The van der Waals surface area contributed by atoms with Gasteiger partial charge in [0, 0.05) is 19.8 Å². The molecule has 2 rings (SSSR count). The lowest BCUT2D eigenvalue weighted by atomic mass is 10.0. The SMILES string of the molecule is O=C(NCC1CCOCC1)c1ccoc1. The van der Waals surface area contributed by atoms with Gasteiger partial charge in [-0.1, -0.05) is 0 Å². The fraction of sp³-hybridized carbons (Fsp3) is 0.545. The van der Waals surface area contributed by atoms with Crippen LogP contribution < -0.4 is 5.32 Å². The van der Waals surface area contributed by atoms with Crippen molar-refractivity contribution in [2.45, 2.75) is 12.8 Å². The highest BCUT2D eigenvalue weighted by molar-refractivity contribution is 5.93. The van der Waals surface area contributed by atoms with Crippen molar-refractivity contribution >= 4 is 5.91 Å². The maximum atomic E-state index is 11.5. The van der Waals surface area contributed by atoms with E-state index in [1.165, 1.54) is 12.5 Å². The van der Waals surface area contributed by atoms with Crippen molar-refractivity contribution in [3.8, 4) is 0 Å². The first-order chi connectivity index (χ1) is 7.36. The topological polar surface area (TPSA) is 51.5 Å². The summed E-state index contributed by atoms with van der Waals surface area (Å²) >= 11 is 0. The Hall–Kier alpha value is -1.29. The number of amides is 1. The number of ether oxygens (including phenoxy) is 1. The van der Waals surface area contributed by atoms with E-state index in [9.17, 15) is 4.79 Å². The fourth-order valence-electron chi connectivity index (χ4n) is 1.68. The summed E-state index contributed by atoms with van der Waals surface area (Å²) in [6.07, 6.45) is 5.03. The predicted octanol–water partition coefficient (Wildman–Crippen LogP) is 1.44. The zero-order valence-electron chi connectivity index (χ0n) is 8.57. The van der Waals surface area contributed by atoms with Crippen molar-refractivity contribution in [3.05, 3.63) is 24.2 Å². The molecule has 2 heterocycles. The first-order valence-corrected chi connectivity index (χ1v) is 5.24. The van der Waals surface area contributed by atoms with Crippen molar-refractivity contribution < 1.29 is 13.9 Å². The van der Waals surface area contributed by atoms with E-state index in [0.29, 0.717) is 11.5 Å². The van der Waals surface area contributed by atoms with Crippen LogP contribution in [-0.2, 0) is 4.74 Å². The number of furan rings is 1. The number of rotatable bonds is 3. The zero-order valence-corrected chi connectivity index (χ0v) is 8.57. The molecule has 1 aliphatic heterocycles. The van der Waals surface area contributed by atoms with E-state index in [1.807, 2.05) is 0 Å². The van der Waals surface area contributed by atoms with Crippen LogP contribution in [-0.4, -0.2) is 25.7 Å². The molecule has 0 aromatic carbocycles. The lowest BCUT2D eigenvalue weighted by molar-refractivity contribution is 0.0642. The molecular formula is C11H15NO3. The Bertz CT molecular complexity index is 302. The van der Waals surface area contributed by atoms with Crippen LogP contribution in [0.25, 0.3) is 0 Å². The predicted molar refractivity (Wildman–Crippen MR) is 54.6 cm³/mol. The molecule has 4 heteroatoms. The Morgan fingerprint density at radius 1 is 1.47 bits per heavy atom. The maximum absolute atomic E-state index is 11.5. The molecular weight excluding hydrogens is 194 g/mol. The van der Waals surface area contributed by atoms with Gasteiger partial charge in [0.25, 0.3) is 5.91 Å². The van der Waals surface area contributed by atoms with Gasteiger partial charge in [0.05, 0.1) is 11.8 Å². The minimum Gasteiger partial charge on any atom is -0.472 e. The highest BCUT2D eigenvalue weighted by atomic mass is 16.5. The van der Waals surface area contributed by atoms with Crippen molar-refractivity contribution in [2.24, 2.45) is 5.92 Å². The molecule has 1 N–H and O–H groups in total. The molecule has 1 aromatic rings. The number of hydrogen-bond donors (Lipinski definition) is 1. The lowest BCUT2D eigenvalue weighted by Gasteiger charge is -2.21. The number of hydrogen-bond acceptors (Lipinski definition) is 3. The van der Waals surface area contributed by atoms with E-state index >= 15 is 0 Å². The molecule has 0 aliphatic carbocycles. The number of nitrogens with one attached hydrogen (secondary N) is 1. The van der Waals surface area contributed by atoms with Gasteiger partial charge >= 0.3 is 0 Å². The molecule has 1 amide bonds. The summed E-state index contributed by atoms with van der Waals surface area (Å²) in [6, 6.07) is 1.67. The molecule has 15 heavy (non-hydrogen) atoms. The average molecular weight is 209 g/mol. The van der Waals surface area contributed by atoms with Crippen LogP contribution in [0.15, 0.2) is 23.0 Å². The van der Waals surface area contributed by atoms with Gasteiger partial charge < -0.3 is 14.5 Å². The normalized spacial score (nSPS) is 17.6. The van der Waals surface area contributed by atoms with Crippen molar-refractivity contribution in [1.82, 2.24) is 5.32 Å². The van der Waals surface area contributed by atoms with Crippen LogP contribution in [0, 0.1) is 5.92 Å². The van der Waals surface area contributed by atoms with Gasteiger partial charge in [-0.3, -0.25) is 4.79 Å². The Morgan fingerprint density at radius 2 is 2.27 bits per heavy atom. The van der Waals surface area contributed by atoms with Crippen LogP contribution >= 0.6 is 0 Å². The smallest absolute Gasteiger partial charge is 0.254 e. The first kappa shape index (κ1) is 10.2. The standard InChI is InChI=1S/C11H15NO3/c13-11(10-3-6-15-8-10)12-7-9-1-4-14-5-2-9/h3,6,8-9H,1-2,4-5,7H2,(H,12,13). The highest BCUT2D eigenvalue weighted by Crippen LogP contribution is 2.13. The highest BCUT2D eigenvalue weighted by Gasteiger charge is 2.15. The second-order valence-corrected chi connectivity index (χ2v) is 3.78. The van der Waals surface area contributed by atoms with Gasteiger partial charge in [0.15, 0.2) is 0 Å². The second kappa shape index (κ2) is 4.98. The molecule has 0 bridgehead atoms. The Balaban J connectivity index is 1.75. The van der Waals surface area contributed by atoms with Gasteiger partial charge in [0.2, 0.25) is 0 Å². The molecule has 1 aromatic heterocycles. The monoisotopic (exact) mass is 209 g/mol. The summed E-state index contributed by atoms with van der Waals surface area (Å²) in [5.41, 5.74) is 0.585. The van der Waals surface area contributed by atoms with Crippen molar-refractivity contribution in [1.29, 1.82) is 0 Å². The molecule has 0 saturated carbocycles. The van der Waals surface area contributed by atoms with E-state index in [0.717, 1.165) is 32.6 Å². The Labute approximate surface area is 88.6 Å². The van der Waals surface area contributed by atoms with E-state index in [1.54, 1.807) is 6.07 Å². The van der Waals surface area contributed by atoms with E-state index in [-0.39, 0.29) is 5.91 Å². The molecule has 1 saturated heterocycles. The molecule has 1 aliphatic rings. The Morgan fingerprint density at radius 3 is 2.93 bits per heavy atom. The average Bonchev–Trinajstić information content (AvgIpc) is 2.81. The third kappa shape index (κ3) is 2.83. The van der Waals surface area contributed by atoms with Gasteiger partial charge in [-0.2, -0.15) is 0 Å².